The van der Waals surface area contributed by atoms with Crippen LogP contribution in [0.25, 0.3) is 0 Å². The first kappa shape index (κ1) is 17.0. The van der Waals surface area contributed by atoms with Crippen LogP contribution in [-0.2, 0) is 0 Å². The number of halogens is 1. The number of hydrogen-bond acceptors (Lipinski definition) is 3. The smallest absolute Gasteiger partial charge is 0.121 e. The fourth-order valence-corrected chi connectivity index (χ4v) is 2.72. The number of amidine groups is 1. The molecule has 1 heterocycles. The van der Waals surface area contributed by atoms with Gasteiger partial charge in [0.25, 0.3) is 0 Å². The molecule has 1 aliphatic rings. The van der Waals surface area contributed by atoms with E-state index in [9.17, 15) is 0 Å². The van der Waals surface area contributed by atoms with Crippen LogP contribution in [0.15, 0.2) is 23.2 Å². The van der Waals surface area contributed by atoms with Gasteiger partial charge in [0.15, 0.2) is 0 Å². The van der Waals surface area contributed by atoms with Gasteiger partial charge in [-0.2, -0.15) is 0 Å². The van der Waals surface area contributed by atoms with Crippen molar-refractivity contribution in [1.82, 2.24) is 10.2 Å². The average Bonchev–Trinajstić information content (AvgIpc) is 2.88. The second kappa shape index (κ2) is 7.65. The summed E-state index contributed by atoms with van der Waals surface area (Å²) in [7, 11) is 0. The minimum Gasteiger partial charge on any atom is -0.357 e. The molecule has 112 valence electrons. The summed E-state index contributed by atoms with van der Waals surface area (Å²) in [6.07, 6.45) is 0. The second-order valence-corrected chi connectivity index (χ2v) is 5.10. The van der Waals surface area contributed by atoms with Gasteiger partial charge in [0.05, 0.1) is 12.6 Å². The summed E-state index contributed by atoms with van der Waals surface area (Å²) in [6, 6.07) is 6.78. The van der Waals surface area contributed by atoms with E-state index in [0.29, 0.717) is 0 Å². The molecule has 20 heavy (non-hydrogen) atoms. The maximum absolute atomic E-state index is 4.73. The van der Waals surface area contributed by atoms with Gasteiger partial charge in [0, 0.05) is 13.1 Å². The summed E-state index contributed by atoms with van der Waals surface area (Å²) in [5, 5.41) is 3.60. The Balaban J connectivity index is 0.00000200. The monoisotopic (exact) mass is 295 g/mol. The largest absolute Gasteiger partial charge is 0.357 e. The summed E-state index contributed by atoms with van der Waals surface area (Å²) in [5.74, 6) is 1.21. The molecule has 0 aliphatic carbocycles. The topological polar surface area (TPSA) is 27.6 Å². The zero-order valence-electron chi connectivity index (χ0n) is 12.9. The number of nitrogens with zero attached hydrogens (tertiary/aromatic N) is 2. The molecule has 0 amide bonds. The Morgan fingerprint density at radius 3 is 2.70 bits per heavy atom. The van der Waals surface area contributed by atoms with Crippen molar-refractivity contribution in [3.05, 3.63) is 34.9 Å². The Kier molecular flexibility index (Phi) is 6.50. The van der Waals surface area contributed by atoms with E-state index in [1.54, 1.807) is 0 Å². The molecule has 0 bridgehead atoms. The molecule has 0 saturated carbocycles. The van der Waals surface area contributed by atoms with E-state index in [1.165, 1.54) is 22.5 Å². The minimum absolute atomic E-state index is 0. The summed E-state index contributed by atoms with van der Waals surface area (Å²) in [5.41, 5.74) is 4.09. The van der Waals surface area contributed by atoms with Gasteiger partial charge < -0.3 is 10.2 Å². The SMILES string of the molecule is CCNC(C1=NCCN1CC)c1cccc(C)c1C.Cl. The molecule has 0 radical (unpaired) electrons. The van der Waals surface area contributed by atoms with E-state index in [4.69, 9.17) is 4.99 Å². The molecule has 2 rings (SSSR count). The molecule has 0 fully saturated rings. The number of benzene rings is 1. The van der Waals surface area contributed by atoms with Crippen molar-refractivity contribution in [2.45, 2.75) is 33.7 Å². The van der Waals surface area contributed by atoms with Crippen LogP contribution in [0.3, 0.4) is 0 Å². The molecule has 1 atom stereocenters. The number of rotatable bonds is 5. The first-order valence-corrected chi connectivity index (χ1v) is 7.27. The van der Waals surface area contributed by atoms with Gasteiger partial charge in [0.1, 0.15) is 5.84 Å². The maximum atomic E-state index is 4.73. The van der Waals surface area contributed by atoms with Gasteiger partial charge in [-0.3, -0.25) is 4.99 Å². The average molecular weight is 296 g/mol. The molecule has 1 unspecified atom stereocenters. The van der Waals surface area contributed by atoms with Crippen LogP contribution >= 0.6 is 12.4 Å². The van der Waals surface area contributed by atoms with E-state index in [-0.39, 0.29) is 18.4 Å². The third kappa shape index (κ3) is 3.33. The van der Waals surface area contributed by atoms with Gasteiger partial charge in [0.2, 0.25) is 0 Å². The van der Waals surface area contributed by atoms with Crippen LogP contribution in [0.4, 0.5) is 0 Å². The quantitative estimate of drug-likeness (QED) is 0.904. The van der Waals surface area contributed by atoms with Crippen molar-refractivity contribution in [3.8, 4) is 0 Å². The fraction of sp³-hybridized carbons (Fsp3) is 0.562. The van der Waals surface area contributed by atoms with Crippen molar-refractivity contribution < 1.29 is 0 Å². The van der Waals surface area contributed by atoms with Crippen molar-refractivity contribution >= 4 is 18.2 Å². The zero-order chi connectivity index (χ0) is 13.8. The van der Waals surface area contributed by atoms with Gasteiger partial charge in [-0.1, -0.05) is 25.1 Å². The highest BCUT2D eigenvalue weighted by molar-refractivity contribution is 5.90. The lowest BCUT2D eigenvalue weighted by atomic mass is 9.96. The highest BCUT2D eigenvalue weighted by Crippen LogP contribution is 2.24. The number of likely N-dealkylation sites (N-methyl/N-ethyl adjacent to an activating group) is 2. The van der Waals surface area contributed by atoms with Crippen LogP contribution in [-0.4, -0.2) is 36.9 Å². The standard InChI is InChI=1S/C16H25N3.ClH/c1-5-17-15(16-18-10-11-19(16)6-2)14-9-7-8-12(3)13(14)4;/h7-9,15,17H,5-6,10-11H2,1-4H3;1H. The van der Waals surface area contributed by atoms with Crippen molar-refractivity contribution in [2.75, 3.05) is 26.2 Å². The fourth-order valence-electron chi connectivity index (χ4n) is 2.72. The van der Waals surface area contributed by atoms with Crippen LogP contribution in [0, 0.1) is 13.8 Å². The highest BCUT2D eigenvalue weighted by Gasteiger charge is 2.26. The van der Waals surface area contributed by atoms with Crippen LogP contribution in [0.5, 0.6) is 0 Å². The van der Waals surface area contributed by atoms with E-state index in [1.807, 2.05) is 0 Å². The molecule has 1 aromatic rings. The molecule has 0 saturated heterocycles. The molecule has 0 spiro atoms. The van der Waals surface area contributed by atoms with E-state index < -0.39 is 0 Å². The third-order valence-electron chi connectivity index (χ3n) is 3.97. The molecular formula is C16H26ClN3. The summed E-state index contributed by atoms with van der Waals surface area (Å²) in [6.45, 7) is 12.7. The zero-order valence-corrected chi connectivity index (χ0v) is 13.8. The number of hydrogen-bond donors (Lipinski definition) is 1. The van der Waals surface area contributed by atoms with Crippen molar-refractivity contribution in [2.24, 2.45) is 4.99 Å². The highest BCUT2D eigenvalue weighted by atomic mass is 35.5. The first-order valence-electron chi connectivity index (χ1n) is 7.27. The second-order valence-electron chi connectivity index (χ2n) is 5.10. The maximum Gasteiger partial charge on any atom is 0.121 e. The van der Waals surface area contributed by atoms with Crippen molar-refractivity contribution in [1.29, 1.82) is 0 Å². The van der Waals surface area contributed by atoms with E-state index in [0.717, 1.165) is 26.2 Å². The number of aliphatic imine (C=N–C) groups is 1. The Hall–Kier alpha value is -1.06. The van der Waals surface area contributed by atoms with Crippen LogP contribution in [0.1, 0.15) is 36.6 Å². The molecule has 3 nitrogen and oxygen atoms in total. The lowest BCUT2D eigenvalue weighted by molar-refractivity contribution is 0.456. The summed E-state index contributed by atoms with van der Waals surface area (Å²) in [4.78, 5) is 7.12. The van der Waals surface area contributed by atoms with Crippen LogP contribution < -0.4 is 5.32 Å². The number of aryl methyl sites for hydroxylation is 1. The number of nitrogens with one attached hydrogen (secondary N) is 1. The Morgan fingerprint density at radius 2 is 2.05 bits per heavy atom. The van der Waals surface area contributed by atoms with Crippen LogP contribution in [0.2, 0.25) is 0 Å². The Morgan fingerprint density at radius 1 is 1.30 bits per heavy atom. The lowest BCUT2D eigenvalue weighted by Gasteiger charge is -2.28. The van der Waals surface area contributed by atoms with Gasteiger partial charge in [-0.15, -0.1) is 12.4 Å². The molecular weight excluding hydrogens is 270 g/mol. The van der Waals surface area contributed by atoms with E-state index in [2.05, 4.69) is 56.1 Å². The first-order chi connectivity index (χ1) is 9.19. The predicted octanol–water partition coefficient (Wildman–Crippen LogP) is 3.11. The Labute approximate surface area is 128 Å². The third-order valence-corrected chi connectivity index (χ3v) is 3.97. The lowest BCUT2D eigenvalue weighted by Crippen LogP contribution is -2.39. The van der Waals surface area contributed by atoms with Gasteiger partial charge >= 0.3 is 0 Å². The van der Waals surface area contributed by atoms with Gasteiger partial charge in [-0.25, -0.2) is 0 Å². The molecule has 1 aliphatic heterocycles. The Bertz CT molecular complexity index is 471. The van der Waals surface area contributed by atoms with Crippen molar-refractivity contribution in [3.63, 3.8) is 0 Å². The predicted molar refractivity (Wildman–Crippen MR) is 89.1 cm³/mol. The normalized spacial score (nSPS) is 15.8. The van der Waals surface area contributed by atoms with Gasteiger partial charge in [-0.05, 0) is 44.0 Å². The molecule has 0 aromatic heterocycles. The summed E-state index contributed by atoms with van der Waals surface area (Å²) >= 11 is 0. The van der Waals surface area contributed by atoms with E-state index >= 15 is 0 Å². The molecule has 4 heteroatoms. The minimum atomic E-state index is 0. The summed E-state index contributed by atoms with van der Waals surface area (Å²) < 4.78 is 0. The molecule has 1 aromatic carbocycles. The molecule has 1 N–H and O–H groups in total.